The largest absolute Gasteiger partial charge is 0.312 e. The Kier molecular flexibility index (Phi) is 4.58. The van der Waals surface area contributed by atoms with E-state index in [1.807, 2.05) is 0 Å². The highest BCUT2D eigenvalue weighted by Gasteiger charge is 2.32. The number of nitrogens with one attached hydrogen (secondary N) is 1. The molecule has 2 fully saturated rings. The highest BCUT2D eigenvalue weighted by Crippen LogP contribution is 2.33. The minimum atomic E-state index is -2.79. The molecule has 2 rings (SSSR count). The maximum atomic E-state index is 11.6. The second kappa shape index (κ2) is 5.70. The third kappa shape index (κ3) is 4.43. The first-order valence-corrected chi connectivity index (χ1v) is 9.24. The number of likely N-dealkylation sites (tertiary alicyclic amines) is 1. The molecule has 2 aliphatic rings. The molecule has 1 N–H and O–H groups in total. The van der Waals surface area contributed by atoms with Crippen molar-refractivity contribution < 1.29 is 8.42 Å². The molecule has 0 saturated carbocycles. The van der Waals surface area contributed by atoms with E-state index in [1.54, 1.807) is 0 Å². The molecule has 2 heterocycles. The number of hydrogen-bond acceptors (Lipinski definition) is 4. The van der Waals surface area contributed by atoms with Gasteiger partial charge < -0.3 is 10.2 Å². The minimum absolute atomic E-state index is 0.160. The van der Waals surface area contributed by atoms with Gasteiger partial charge in [0.25, 0.3) is 0 Å². The third-order valence-electron chi connectivity index (χ3n) is 4.59. The van der Waals surface area contributed by atoms with Crippen LogP contribution in [0.5, 0.6) is 0 Å². The quantitative estimate of drug-likeness (QED) is 0.846. The van der Waals surface area contributed by atoms with Gasteiger partial charge in [0.05, 0.1) is 11.5 Å². The van der Waals surface area contributed by atoms with Gasteiger partial charge in [0.15, 0.2) is 9.84 Å². The fourth-order valence-corrected chi connectivity index (χ4v) is 4.63. The van der Waals surface area contributed by atoms with Gasteiger partial charge in [-0.05, 0) is 37.3 Å². The topological polar surface area (TPSA) is 49.4 Å². The lowest BCUT2D eigenvalue weighted by Gasteiger charge is -2.28. The van der Waals surface area contributed by atoms with Crippen molar-refractivity contribution >= 4 is 9.84 Å². The van der Waals surface area contributed by atoms with Crippen molar-refractivity contribution in [1.82, 2.24) is 10.2 Å². The van der Waals surface area contributed by atoms with Gasteiger partial charge in [-0.15, -0.1) is 0 Å². The van der Waals surface area contributed by atoms with Gasteiger partial charge in [-0.25, -0.2) is 8.42 Å². The lowest BCUT2D eigenvalue weighted by atomic mass is 9.80. The molecule has 0 aliphatic carbocycles. The summed E-state index contributed by atoms with van der Waals surface area (Å²) < 4.78 is 23.2. The molecule has 2 unspecified atom stereocenters. The summed E-state index contributed by atoms with van der Waals surface area (Å²) in [5, 5.41) is 3.33. The zero-order valence-electron chi connectivity index (χ0n) is 12.5. The summed E-state index contributed by atoms with van der Waals surface area (Å²) in [5.41, 5.74) is 0.390. The van der Waals surface area contributed by atoms with E-state index in [9.17, 15) is 8.42 Å². The van der Waals surface area contributed by atoms with E-state index in [4.69, 9.17) is 0 Å². The van der Waals surface area contributed by atoms with Crippen molar-refractivity contribution in [3.8, 4) is 0 Å². The SMILES string of the molecule is CC(C)(C)C1CCN(CCC2CS(=O)(=O)CCN2)C1. The number of rotatable bonds is 3. The van der Waals surface area contributed by atoms with Crippen molar-refractivity contribution in [3.05, 3.63) is 0 Å². The summed E-state index contributed by atoms with van der Waals surface area (Å²) >= 11 is 0. The molecule has 112 valence electrons. The highest BCUT2D eigenvalue weighted by atomic mass is 32.2. The molecule has 5 heteroatoms. The van der Waals surface area contributed by atoms with Crippen LogP contribution in [0.15, 0.2) is 0 Å². The van der Waals surface area contributed by atoms with E-state index in [0.717, 1.165) is 18.9 Å². The number of sulfone groups is 1. The van der Waals surface area contributed by atoms with Gasteiger partial charge in [0.2, 0.25) is 0 Å². The molecule has 0 aromatic heterocycles. The van der Waals surface area contributed by atoms with E-state index in [1.165, 1.54) is 19.5 Å². The maximum Gasteiger partial charge on any atom is 0.153 e. The van der Waals surface area contributed by atoms with E-state index < -0.39 is 9.84 Å². The van der Waals surface area contributed by atoms with Crippen molar-refractivity contribution in [3.63, 3.8) is 0 Å². The Morgan fingerprint density at radius 2 is 2.05 bits per heavy atom. The molecule has 0 spiro atoms. The maximum absolute atomic E-state index is 11.6. The molecule has 2 aliphatic heterocycles. The van der Waals surface area contributed by atoms with E-state index in [-0.39, 0.29) is 6.04 Å². The molecule has 4 nitrogen and oxygen atoms in total. The summed E-state index contributed by atoms with van der Waals surface area (Å²) in [4.78, 5) is 2.50. The zero-order chi connectivity index (χ0) is 14.1. The summed E-state index contributed by atoms with van der Waals surface area (Å²) in [6, 6.07) is 0.160. The molecule has 2 saturated heterocycles. The molecule has 2 atom stereocenters. The second-order valence-corrected chi connectivity index (χ2v) is 9.44. The second-order valence-electron chi connectivity index (χ2n) is 7.21. The lowest BCUT2D eigenvalue weighted by Crippen LogP contribution is -2.46. The minimum Gasteiger partial charge on any atom is -0.312 e. The van der Waals surface area contributed by atoms with Crippen LogP contribution in [0.25, 0.3) is 0 Å². The van der Waals surface area contributed by atoms with Crippen molar-refractivity contribution in [1.29, 1.82) is 0 Å². The van der Waals surface area contributed by atoms with Crippen molar-refractivity contribution in [2.45, 2.75) is 39.7 Å². The van der Waals surface area contributed by atoms with Crippen LogP contribution in [0.3, 0.4) is 0 Å². The predicted molar refractivity (Wildman–Crippen MR) is 79.1 cm³/mol. The average molecular weight is 288 g/mol. The first-order valence-electron chi connectivity index (χ1n) is 7.42. The summed E-state index contributed by atoms with van der Waals surface area (Å²) in [7, 11) is -2.79. The third-order valence-corrected chi connectivity index (χ3v) is 6.33. The normalized spacial score (nSPS) is 32.6. The Balaban J connectivity index is 1.75. The smallest absolute Gasteiger partial charge is 0.153 e. The summed E-state index contributed by atoms with van der Waals surface area (Å²) in [6.45, 7) is 10.9. The first kappa shape index (κ1) is 15.3. The van der Waals surface area contributed by atoms with Crippen molar-refractivity contribution in [2.75, 3.05) is 37.7 Å². The van der Waals surface area contributed by atoms with Crippen LogP contribution in [0.1, 0.15) is 33.6 Å². The van der Waals surface area contributed by atoms with E-state index in [0.29, 0.717) is 23.5 Å². The fraction of sp³-hybridized carbons (Fsp3) is 1.00. The average Bonchev–Trinajstić information content (AvgIpc) is 2.73. The van der Waals surface area contributed by atoms with Gasteiger partial charge in [0.1, 0.15) is 0 Å². The standard InChI is InChI=1S/C14H28N2O2S/c1-14(2,3)12-4-7-16(10-12)8-5-13-11-19(17,18)9-6-15-13/h12-13,15H,4-11H2,1-3H3. The van der Waals surface area contributed by atoms with Crippen molar-refractivity contribution in [2.24, 2.45) is 11.3 Å². The van der Waals surface area contributed by atoms with Crippen LogP contribution in [0, 0.1) is 11.3 Å². The monoisotopic (exact) mass is 288 g/mol. The van der Waals surface area contributed by atoms with Crippen LogP contribution in [-0.4, -0.2) is 57.0 Å². The number of nitrogens with zero attached hydrogens (tertiary/aromatic N) is 1. The van der Waals surface area contributed by atoms with E-state index >= 15 is 0 Å². The molecule has 0 radical (unpaired) electrons. The van der Waals surface area contributed by atoms with Gasteiger partial charge in [-0.2, -0.15) is 0 Å². The first-order chi connectivity index (χ1) is 8.76. The van der Waals surface area contributed by atoms with Crippen LogP contribution >= 0.6 is 0 Å². The Labute approximate surface area is 117 Å². The molecule has 19 heavy (non-hydrogen) atoms. The Morgan fingerprint density at radius 3 is 2.63 bits per heavy atom. The molecule has 0 aromatic rings. The van der Waals surface area contributed by atoms with Gasteiger partial charge in [-0.1, -0.05) is 20.8 Å². The Hall–Kier alpha value is -0.130. The molecule has 0 amide bonds. The summed E-state index contributed by atoms with van der Waals surface area (Å²) in [5.74, 6) is 1.40. The Bertz CT molecular complexity index is 400. The fourth-order valence-electron chi connectivity index (χ4n) is 3.13. The molecule has 0 aromatic carbocycles. The molecular formula is C14H28N2O2S. The number of hydrogen-bond donors (Lipinski definition) is 1. The predicted octanol–water partition coefficient (Wildman–Crippen LogP) is 1.13. The van der Waals surface area contributed by atoms with Crippen LogP contribution < -0.4 is 5.32 Å². The van der Waals surface area contributed by atoms with Gasteiger partial charge >= 0.3 is 0 Å². The lowest BCUT2D eigenvalue weighted by molar-refractivity contribution is 0.225. The van der Waals surface area contributed by atoms with E-state index in [2.05, 4.69) is 31.0 Å². The van der Waals surface area contributed by atoms with Crippen LogP contribution in [-0.2, 0) is 9.84 Å². The van der Waals surface area contributed by atoms with Gasteiger partial charge in [0, 0.05) is 19.1 Å². The zero-order valence-corrected chi connectivity index (χ0v) is 13.3. The Morgan fingerprint density at radius 1 is 1.32 bits per heavy atom. The van der Waals surface area contributed by atoms with Crippen LogP contribution in [0.4, 0.5) is 0 Å². The molecule has 0 bridgehead atoms. The van der Waals surface area contributed by atoms with Gasteiger partial charge in [-0.3, -0.25) is 0 Å². The van der Waals surface area contributed by atoms with Crippen LogP contribution in [0.2, 0.25) is 0 Å². The summed E-state index contributed by atoms with van der Waals surface area (Å²) in [6.07, 6.45) is 2.23. The highest BCUT2D eigenvalue weighted by molar-refractivity contribution is 7.91. The molecular weight excluding hydrogens is 260 g/mol.